The first-order valence-electron chi connectivity index (χ1n) is 9.71. The van der Waals surface area contributed by atoms with E-state index < -0.39 is 0 Å². The van der Waals surface area contributed by atoms with Crippen LogP contribution >= 0.6 is 43.6 Å². The van der Waals surface area contributed by atoms with Crippen LogP contribution in [0.5, 0.6) is 5.75 Å². The summed E-state index contributed by atoms with van der Waals surface area (Å²) in [5.41, 5.74) is 4.76. The van der Waals surface area contributed by atoms with Crippen molar-refractivity contribution in [2.45, 2.75) is 5.16 Å². The van der Waals surface area contributed by atoms with Gasteiger partial charge in [-0.05, 0) is 42.5 Å². The molecule has 0 radical (unpaired) electrons. The monoisotopic (exact) mass is 585 g/mol. The van der Waals surface area contributed by atoms with Gasteiger partial charge in [-0.1, -0.05) is 74.0 Å². The van der Waals surface area contributed by atoms with Gasteiger partial charge in [0.15, 0.2) is 11.0 Å². The number of carbonyl (C=O) groups is 1. The molecule has 33 heavy (non-hydrogen) atoms. The summed E-state index contributed by atoms with van der Waals surface area (Å²) in [7, 11) is 0. The highest BCUT2D eigenvalue weighted by molar-refractivity contribution is 9.10. The minimum atomic E-state index is -0.307. The number of phenolic OH excluding ortho intramolecular Hbond substituents is 1. The van der Waals surface area contributed by atoms with Gasteiger partial charge in [-0.15, -0.1) is 10.2 Å². The normalized spacial score (nSPS) is 11.1. The summed E-state index contributed by atoms with van der Waals surface area (Å²) < 4.78 is 3.69. The first-order valence-corrected chi connectivity index (χ1v) is 12.3. The van der Waals surface area contributed by atoms with Gasteiger partial charge in [-0.3, -0.25) is 9.36 Å². The highest BCUT2D eigenvalue weighted by Gasteiger charge is 2.17. The number of hydrazone groups is 1. The molecule has 0 saturated heterocycles. The number of nitrogens with one attached hydrogen (secondary N) is 1. The molecule has 2 N–H and O–H groups in total. The van der Waals surface area contributed by atoms with Crippen LogP contribution in [-0.2, 0) is 4.79 Å². The number of aromatic hydroxyl groups is 1. The molecular formula is C23H17Br2N5O2S. The Balaban J connectivity index is 1.50. The van der Waals surface area contributed by atoms with Gasteiger partial charge >= 0.3 is 0 Å². The Kier molecular flexibility index (Phi) is 7.58. The molecule has 166 valence electrons. The zero-order valence-corrected chi connectivity index (χ0v) is 21.0. The zero-order chi connectivity index (χ0) is 23.2. The number of aromatic nitrogens is 3. The Morgan fingerprint density at radius 2 is 1.76 bits per heavy atom. The summed E-state index contributed by atoms with van der Waals surface area (Å²) in [6.07, 6.45) is 1.39. The molecule has 0 unspecified atom stereocenters. The molecule has 1 amide bonds. The fourth-order valence-electron chi connectivity index (χ4n) is 2.92. The molecule has 4 aromatic rings. The van der Waals surface area contributed by atoms with Crippen LogP contribution < -0.4 is 5.43 Å². The number of thioether (sulfide) groups is 1. The Hall–Kier alpha value is -2.95. The average Bonchev–Trinajstić information content (AvgIpc) is 3.25. The second-order valence-corrected chi connectivity index (χ2v) is 9.54. The molecule has 0 fully saturated rings. The van der Waals surface area contributed by atoms with Gasteiger partial charge in [0.05, 0.1) is 12.0 Å². The number of hydrogen-bond acceptors (Lipinski definition) is 6. The number of nitrogens with zero attached hydrogens (tertiary/aromatic N) is 4. The molecule has 4 rings (SSSR count). The minimum Gasteiger partial charge on any atom is -0.507 e. The summed E-state index contributed by atoms with van der Waals surface area (Å²) in [6.45, 7) is 0. The van der Waals surface area contributed by atoms with Crippen molar-refractivity contribution in [2.75, 3.05) is 5.75 Å². The van der Waals surface area contributed by atoms with Gasteiger partial charge in [-0.25, -0.2) is 5.43 Å². The molecule has 7 nitrogen and oxygen atoms in total. The predicted octanol–water partition coefficient (Wildman–Crippen LogP) is 5.41. The maximum atomic E-state index is 12.3. The summed E-state index contributed by atoms with van der Waals surface area (Å²) in [4.78, 5) is 12.3. The van der Waals surface area contributed by atoms with Gasteiger partial charge in [0, 0.05) is 25.8 Å². The molecule has 0 aliphatic heterocycles. The largest absolute Gasteiger partial charge is 0.507 e. The molecule has 0 saturated carbocycles. The minimum absolute atomic E-state index is 0.0713. The van der Waals surface area contributed by atoms with Crippen LogP contribution in [0.4, 0.5) is 0 Å². The quantitative estimate of drug-likeness (QED) is 0.172. The average molecular weight is 587 g/mol. The summed E-state index contributed by atoms with van der Waals surface area (Å²) in [6, 6.07) is 22.5. The topological polar surface area (TPSA) is 92.4 Å². The Morgan fingerprint density at radius 1 is 1.03 bits per heavy atom. The highest BCUT2D eigenvalue weighted by atomic mass is 79.9. The first kappa shape index (κ1) is 23.2. The van der Waals surface area contributed by atoms with E-state index >= 15 is 0 Å². The predicted molar refractivity (Wildman–Crippen MR) is 137 cm³/mol. The standard InChI is InChI=1S/C23H17Br2N5O2S/c24-17-8-6-15(7-9-17)22-28-29-23(30(22)19-4-2-1-3-5-19)33-14-21(32)27-26-13-16-12-18(25)10-11-20(16)31/h1-13,31H,14H2,(H,27,32). The Bertz CT molecular complexity index is 1290. The Labute approximate surface area is 211 Å². The Morgan fingerprint density at radius 3 is 2.52 bits per heavy atom. The summed E-state index contributed by atoms with van der Waals surface area (Å²) >= 11 is 8.04. The molecule has 0 bridgehead atoms. The van der Waals surface area contributed by atoms with E-state index in [9.17, 15) is 9.90 Å². The van der Waals surface area contributed by atoms with E-state index in [1.807, 2.05) is 59.2 Å². The van der Waals surface area contributed by atoms with Crippen molar-refractivity contribution < 1.29 is 9.90 Å². The molecule has 10 heteroatoms. The number of benzene rings is 3. The van der Waals surface area contributed by atoms with Crippen molar-refractivity contribution in [1.29, 1.82) is 0 Å². The lowest BCUT2D eigenvalue weighted by Crippen LogP contribution is -2.20. The van der Waals surface area contributed by atoms with E-state index in [1.165, 1.54) is 18.0 Å². The molecule has 0 spiro atoms. The number of hydrogen-bond donors (Lipinski definition) is 2. The van der Waals surface area contributed by atoms with Crippen molar-refractivity contribution in [1.82, 2.24) is 20.2 Å². The van der Waals surface area contributed by atoms with E-state index in [4.69, 9.17) is 0 Å². The van der Waals surface area contributed by atoms with Crippen LogP contribution in [0.1, 0.15) is 5.56 Å². The summed E-state index contributed by atoms with van der Waals surface area (Å²) in [5.74, 6) is 0.535. The van der Waals surface area contributed by atoms with Crippen LogP contribution in [0.3, 0.4) is 0 Å². The SMILES string of the molecule is O=C(CSc1nnc(-c2ccc(Br)cc2)n1-c1ccccc1)NN=Cc1cc(Br)ccc1O. The fraction of sp³-hybridized carbons (Fsp3) is 0.0435. The number of phenols is 1. The third-order valence-electron chi connectivity index (χ3n) is 4.46. The van der Waals surface area contributed by atoms with Crippen molar-refractivity contribution in [3.63, 3.8) is 0 Å². The van der Waals surface area contributed by atoms with E-state index in [0.29, 0.717) is 16.5 Å². The molecule has 0 atom stereocenters. The zero-order valence-electron chi connectivity index (χ0n) is 17.0. The second kappa shape index (κ2) is 10.8. The molecule has 0 aliphatic carbocycles. The van der Waals surface area contributed by atoms with Gasteiger partial charge in [0.2, 0.25) is 0 Å². The van der Waals surface area contributed by atoms with E-state index in [1.54, 1.807) is 18.2 Å². The van der Waals surface area contributed by atoms with E-state index in [-0.39, 0.29) is 17.4 Å². The van der Waals surface area contributed by atoms with Crippen molar-refractivity contribution >= 4 is 55.7 Å². The highest BCUT2D eigenvalue weighted by Crippen LogP contribution is 2.28. The molecule has 1 heterocycles. The molecule has 0 aliphatic rings. The van der Waals surface area contributed by atoms with Gasteiger partial charge in [0.1, 0.15) is 5.75 Å². The molecular weight excluding hydrogens is 570 g/mol. The third-order valence-corrected chi connectivity index (χ3v) is 6.42. The van der Waals surface area contributed by atoms with Gasteiger partial charge < -0.3 is 5.11 Å². The number of carbonyl (C=O) groups excluding carboxylic acids is 1. The van der Waals surface area contributed by atoms with Crippen LogP contribution in [-0.4, -0.2) is 37.7 Å². The number of rotatable bonds is 7. The maximum Gasteiger partial charge on any atom is 0.250 e. The number of para-hydroxylation sites is 1. The van der Waals surface area contributed by atoms with Gasteiger partial charge in [0.25, 0.3) is 5.91 Å². The van der Waals surface area contributed by atoms with Gasteiger partial charge in [-0.2, -0.15) is 5.10 Å². The number of halogens is 2. The lowest BCUT2D eigenvalue weighted by Gasteiger charge is -2.10. The van der Waals surface area contributed by atoms with Crippen LogP contribution in [0.2, 0.25) is 0 Å². The van der Waals surface area contributed by atoms with Crippen molar-refractivity contribution in [2.24, 2.45) is 5.10 Å². The van der Waals surface area contributed by atoms with Crippen molar-refractivity contribution in [3.8, 4) is 22.8 Å². The van der Waals surface area contributed by atoms with Crippen LogP contribution in [0.15, 0.2) is 92.0 Å². The third kappa shape index (κ3) is 5.89. The van der Waals surface area contributed by atoms with E-state index in [0.717, 1.165) is 20.2 Å². The van der Waals surface area contributed by atoms with E-state index in [2.05, 4.69) is 52.6 Å². The fourth-order valence-corrected chi connectivity index (χ4v) is 4.31. The summed E-state index contributed by atoms with van der Waals surface area (Å²) in [5, 5.41) is 23.1. The van der Waals surface area contributed by atoms with Crippen LogP contribution in [0, 0.1) is 0 Å². The number of amides is 1. The maximum absolute atomic E-state index is 12.3. The smallest absolute Gasteiger partial charge is 0.250 e. The first-order chi connectivity index (χ1) is 16.0. The molecule has 3 aromatic carbocycles. The lowest BCUT2D eigenvalue weighted by atomic mass is 10.2. The molecule has 1 aromatic heterocycles. The van der Waals surface area contributed by atoms with Crippen LogP contribution in [0.25, 0.3) is 17.1 Å². The second-order valence-electron chi connectivity index (χ2n) is 6.77. The lowest BCUT2D eigenvalue weighted by molar-refractivity contribution is -0.118. The van der Waals surface area contributed by atoms with Crippen molar-refractivity contribution in [3.05, 3.63) is 87.3 Å².